The molecule has 0 aliphatic carbocycles. The Labute approximate surface area is 178 Å². The number of carbonyl (C=O) groups is 1. The highest BCUT2D eigenvalue weighted by atomic mass is 32.2. The Morgan fingerprint density at radius 3 is 2.29 bits per heavy atom. The van der Waals surface area contributed by atoms with E-state index < -0.39 is 37.0 Å². The molecule has 0 bridgehead atoms. The number of nitro benzene ring substituents is 2. The Bertz CT molecular complexity index is 1440. The number of hydrogen-bond donors (Lipinski definition) is 0. The highest BCUT2D eigenvalue weighted by Crippen LogP contribution is 2.24. The molecule has 0 saturated carbocycles. The van der Waals surface area contributed by atoms with Crippen molar-refractivity contribution in [2.75, 3.05) is 6.26 Å². The average molecular weight is 460 g/mol. The van der Waals surface area contributed by atoms with Gasteiger partial charge in [-0.3, -0.25) is 25.0 Å². The van der Waals surface area contributed by atoms with Gasteiger partial charge >= 0.3 is 0 Å². The molecule has 0 atom stereocenters. The molecule has 0 spiro atoms. The lowest BCUT2D eigenvalue weighted by molar-refractivity contribution is -0.394. The van der Waals surface area contributed by atoms with Gasteiger partial charge in [-0.25, -0.2) is 8.42 Å². The zero-order valence-electron chi connectivity index (χ0n) is 15.7. The van der Waals surface area contributed by atoms with Crippen LogP contribution in [0.2, 0.25) is 0 Å². The number of aromatic nitrogens is 1. The summed E-state index contributed by atoms with van der Waals surface area (Å²) in [6.07, 6.45) is 6.45. The second-order valence-corrected chi connectivity index (χ2v) is 9.27. The van der Waals surface area contributed by atoms with E-state index in [-0.39, 0.29) is 21.8 Å². The molecule has 158 valence electrons. The number of carbonyl (C=O) groups excluding carboxylic acids is 1. The molecular formula is C18H12N4O7S2. The van der Waals surface area contributed by atoms with Gasteiger partial charge < -0.3 is 4.57 Å². The third-order valence-corrected chi connectivity index (χ3v) is 6.25. The van der Waals surface area contributed by atoms with Crippen molar-refractivity contribution in [3.8, 4) is 12.3 Å². The minimum atomic E-state index is -3.47. The molecule has 3 rings (SSSR count). The Hall–Kier alpha value is -3.89. The van der Waals surface area contributed by atoms with Gasteiger partial charge in [-0.1, -0.05) is 17.3 Å². The molecule has 0 N–H and O–H groups in total. The van der Waals surface area contributed by atoms with Crippen LogP contribution in [0.5, 0.6) is 0 Å². The minimum Gasteiger partial charge on any atom is -0.305 e. The molecular weight excluding hydrogens is 448 g/mol. The number of hydrogen-bond acceptors (Lipinski definition) is 8. The van der Waals surface area contributed by atoms with Crippen LogP contribution < -0.4 is 4.80 Å². The van der Waals surface area contributed by atoms with Crippen molar-refractivity contribution in [3.63, 3.8) is 0 Å². The van der Waals surface area contributed by atoms with Crippen LogP contribution in [-0.4, -0.2) is 35.0 Å². The standard InChI is InChI=1S/C18H12N4O7S2/c1-3-6-20-15-5-4-14(31(2,28)29)10-16(15)30-18(20)19-17(23)11-7-12(21(24)25)9-13(8-11)22(26)27/h1,4-5,7-10H,6H2,2H3. The van der Waals surface area contributed by atoms with Crippen LogP contribution in [-0.2, 0) is 16.4 Å². The molecule has 1 heterocycles. The van der Waals surface area contributed by atoms with E-state index in [1.807, 2.05) is 0 Å². The van der Waals surface area contributed by atoms with E-state index in [1.165, 1.54) is 22.8 Å². The summed E-state index contributed by atoms with van der Waals surface area (Å²) in [5.41, 5.74) is -1.06. The van der Waals surface area contributed by atoms with Gasteiger partial charge in [0.1, 0.15) is 0 Å². The zero-order valence-corrected chi connectivity index (χ0v) is 17.3. The van der Waals surface area contributed by atoms with Gasteiger partial charge in [-0.05, 0) is 18.2 Å². The largest absolute Gasteiger partial charge is 0.305 e. The molecule has 3 aromatic rings. The van der Waals surface area contributed by atoms with Crippen LogP contribution >= 0.6 is 11.3 Å². The van der Waals surface area contributed by atoms with Gasteiger partial charge in [-0.2, -0.15) is 4.99 Å². The van der Waals surface area contributed by atoms with Crippen molar-refractivity contribution in [2.45, 2.75) is 11.4 Å². The first-order valence-electron chi connectivity index (χ1n) is 8.31. The van der Waals surface area contributed by atoms with E-state index in [0.717, 1.165) is 35.8 Å². The summed E-state index contributed by atoms with van der Waals surface area (Å²) in [7, 11) is -3.47. The Balaban J connectivity index is 2.21. The van der Waals surface area contributed by atoms with Gasteiger partial charge in [0.25, 0.3) is 17.3 Å². The van der Waals surface area contributed by atoms with Gasteiger partial charge in [0.05, 0.1) is 43.1 Å². The summed E-state index contributed by atoms with van der Waals surface area (Å²) in [4.78, 5) is 37.2. The number of fused-ring (bicyclic) bond motifs is 1. The maximum absolute atomic E-state index is 12.7. The molecule has 13 heteroatoms. The van der Waals surface area contributed by atoms with E-state index in [2.05, 4.69) is 10.9 Å². The number of non-ortho nitro benzene ring substituents is 2. The lowest BCUT2D eigenvalue weighted by Gasteiger charge is -2.01. The van der Waals surface area contributed by atoms with Crippen molar-refractivity contribution < 1.29 is 23.1 Å². The van der Waals surface area contributed by atoms with Crippen LogP contribution in [0.25, 0.3) is 10.2 Å². The smallest absolute Gasteiger partial charge is 0.280 e. The molecule has 0 saturated heterocycles. The van der Waals surface area contributed by atoms with Crippen molar-refractivity contribution >= 4 is 48.7 Å². The van der Waals surface area contributed by atoms with Gasteiger partial charge in [-0.15, -0.1) is 6.42 Å². The lowest BCUT2D eigenvalue weighted by Crippen LogP contribution is -2.16. The predicted octanol–water partition coefficient (Wildman–Crippen LogP) is 2.30. The second-order valence-electron chi connectivity index (χ2n) is 6.25. The molecule has 0 aliphatic rings. The fourth-order valence-corrected chi connectivity index (χ4v) is 4.48. The summed E-state index contributed by atoms with van der Waals surface area (Å²) in [6.45, 7) is 0.0133. The summed E-state index contributed by atoms with van der Waals surface area (Å²) < 4.78 is 25.6. The fraction of sp³-hybridized carbons (Fsp3) is 0.111. The van der Waals surface area contributed by atoms with E-state index in [4.69, 9.17) is 6.42 Å². The molecule has 11 nitrogen and oxygen atoms in total. The first-order valence-corrected chi connectivity index (χ1v) is 11.0. The normalized spacial score (nSPS) is 11.9. The number of sulfone groups is 1. The monoisotopic (exact) mass is 460 g/mol. The molecule has 0 aliphatic heterocycles. The van der Waals surface area contributed by atoms with Crippen molar-refractivity contribution in [2.24, 2.45) is 4.99 Å². The van der Waals surface area contributed by atoms with E-state index >= 15 is 0 Å². The quantitative estimate of drug-likeness (QED) is 0.321. The van der Waals surface area contributed by atoms with Crippen LogP contribution in [0.15, 0.2) is 46.3 Å². The SMILES string of the molecule is C#CCn1c(=NC(=O)c2cc([N+](=O)[O-])cc([N+](=O)[O-])c2)sc2cc(S(C)(=O)=O)ccc21. The number of nitrogens with zero attached hydrogens (tertiary/aromatic N) is 4. The predicted molar refractivity (Wildman–Crippen MR) is 111 cm³/mol. The van der Waals surface area contributed by atoms with Gasteiger partial charge in [0.2, 0.25) is 0 Å². The first-order chi connectivity index (χ1) is 14.5. The van der Waals surface area contributed by atoms with Crippen LogP contribution in [0.1, 0.15) is 10.4 Å². The average Bonchev–Trinajstić information content (AvgIpc) is 3.03. The molecule has 0 radical (unpaired) electrons. The maximum atomic E-state index is 12.7. The highest BCUT2D eigenvalue weighted by molar-refractivity contribution is 7.90. The first kappa shape index (κ1) is 21.8. The highest BCUT2D eigenvalue weighted by Gasteiger charge is 2.20. The number of amides is 1. The molecule has 2 aromatic carbocycles. The number of nitro groups is 2. The third kappa shape index (κ3) is 4.49. The van der Waals surface area contributed by atoms with E-state index in [0.29, 0.717) is 10.2 Å². The summed E-state index contributed by atoms with van der Waals surface area (Å²) in [5, 5.41) is 22.1. The summed E-state index contributed by atoms with van der Waals surface area (Å²) in [6, 6.07) is 6.86. The topological polar surface area (TPSA) is 155 Å². The Morgan fingerprint density at radius 2 is 1.77 bits per heavy atom. The van der Waals surface area contributed by atoms with Crippen molar-refractivity contribution in [1.82, 2.24) is 4.57 Å². The van der Waals surface area contributed by atoms with Crippen molar-refractivity contribution in [3.05, 3.63) is 67.0 Å². The number of thiazole rings is 1. The van der Waals surface area contributed by atoms with E-state index in [9.17, 15) is 33.4 Å². The Kier molecular flexibility index (Phi) is 5.69. The van der Waals surface area contributed by atoms with Crippen LogP contribution in [0.3, 0.4) is 0 Å². The number of rotatable bonds is 5. The molecule has 31 heavy (non-hydrogen) atoms. The lowest BCUT2D eigenvalue weighted by atomic mass is 10.1. The zero-order chi connectivity index (χ0) is 22.9. The Morgan fingerprint density at radius 1 is 1.16 bits per heavy atom. The van der Waals surface area contributed by atoms with Crippen LogP contribution in [0.4, 0.5) is 11.4 Å². The summed E-state index contributed by atoms with van der Waals surface area (Å²) in [5.74, 6) is 1.46. The van der Waals surface area contributed by atoms with Gasteiger partial charge in [0, 0.05) is 18.4 Å². The molecule has 1 amide bonds. The third-order valence-electron chi connectivity index (χ3n) is 4.10. The summed E-state index contributed by atoms with van der Waals surface area (Å²) >= 11 is 0.986. The maximum Gasteiger partial charge on any atom is 0.280 e. The second kappa shape index (κ2) is 8.09. The number of benzene rings is 2. The molecule has 0 unspecified atom stereocenters. The fourth-order valence-electron chi connectivity index (χ4n) is 2.69. The molecule has 0 fully saturated rings. The minimum absolute atomic E-state index is 0.0133. The van der Waals surface area contributed by atoms with Crippen molar-refractivity contribution in [1.29, 1.82) is 0 Å². The van der Waals surface area contributed by atoms with Gasteiger partial charge in [0.15, 0.2) is 14.6 Å². The van der Waals surface area contributed by atoms with Crippen LogP contribution in [0, 0.1) is 32.6 Å². The van der Waals surface area contributed by atoms with E-state index in [1.54, 1.807) is 0 Å². The molecule has 1 aromatic heterocycles. The number of terminal acetylenes is 1.